The Morgan fingerprint density at radius 3 is 2.81 bits per heavy atom. The van der Waals surface area contributed by atoms with E-state index in [0.717, 1.165) is 0 Å². The number of nitrogens with one attached hydrogen (secondary N) is 1. The highest BCUT2D eigenvalue weighted by Crippen LogP contribution is 2.38. The molecule has 2 atom stereocenters. The van der Waals surface area contributed by atoms with Crippen LogP contribution in [0.1, 0.15) is 18.2 Å². The van der Waals surface area contributed by atoms with E-state index in [2.05, 4.69) is 20.5 Å². The van der Waals surface area contributed by atoms with Crippen LogP contribution in [0.4, 0.5) is 14.5 Å². The first kappa shape index (κ1) is 25.0. The number of hydrogen-bond acceptors (Lipinski definition) is 9. The fourth-order valence-corrected chi connectivity index (χ4v) is 6.26. The van der Waals surface area contributed by atoms with E-state index >= 15 is 0 Å². The van der Waals surface area contributed by atoms with Crippen molar-refractivity contribution in [3.63, 3.8) is 0 Å². The molecule has 0 bridgehead atoms. The van der Waals surface area contributed by atoms with Gasteiger partial charge in [0.15, 0.2) is 21.7 Å². The SMILES string of the molecule is CN1CCC(S(=O)(=O)c2ccc(OC(F)F)c(-c3nn(C)cc3NC(O)c3cnn4cccnc34)c2)C1. The Hall–Kier alpha value is -3.62. The maximum absolute atomic E-state index is 13.3. The van der Waals surface area contributed by atoms with Crippen molar-refractivity contribution in [1.29, 1.82) is 0 Å². The first-order chi connectivity index (χ1) is 17.6. The lowest BCUT2D eigenvalue weighted by atomic mass is 10.1. The van der Waals surface area contributed by atoms with Gasteiger partial charge in [0.25, 0.3) is 0 Å². The Bertz CT molecular complexity index is 1540. The lowest BCUT2D eigenvalue weighted by Gasteiger charge is -2.17. The molecule has 1 aliphatic rings. The van der Waals surface area contributed by atoms with Crippen LogP contribution in [0.5, 0.6) is 5.75 Å². The highest BCUT2D eigenvalue weighted by atomic mass is 32.2. The molecule has 1 fully saturated rings. The van der Waals surface area contributed by atoms with E-state index in [-0.39, 0.29) is 27.6 Å². The Kier molecular flexibility index (Phi) is 6.56. The molecule has 2 N–H and O–H groups in total. The molecule has 1 aromatic carbocycles. The normalized spacial score (nSPS) is 17.5. The van der Waals surface area contributed by atoms with Crippen molar-refractivity contribution in [1.82, 2.24) is 29.3 Å². The number of hydrogen-bond donors (Lipinski definition) is 2. The molecule has 1 aliphatic heterocycles. The molecule has 14 heteroatoms. The third-order valence-electron chi connectivity index (χ3n) is 6.26. The molecular weight excluding hydrogens is 508 g/mol. The van der Waals surface area contributed by atoms with Gasteiger partial charge >= 0.3 is 6.61 Å². The van der Waals surface area contributed by atoms with Gasteiger partial charge in [0.1, 0.15) is 11.4 Å². The number of ether oxygens (including phenoxy) is 1. The topological polar surface area (TPSA) is 127 Å². The van der Waals surface area contributed by atoms with Crippen LogP contribution in [-0.4, -0.2) is 74.8 Å². The minimum Gasteiger partial charge on any atom is -0.434 e. The number of fused-ring (bicyclic) bond motifs is 1. The second kappa shape index (κ2) is 9.68. The van der Waals surface area contributed by atoms with Crippen molar-refractivity contribution in [3.05, 3.63) is 54.6 Å². The summed E-state index contributed by atoms with van der Waals surface area (Å²) in [5.74, 6) is -0.244. The monoisotopic (exact) mass is 533 g/mol. The van der Waals surface area contributed by atoms with Gasteiger partial charge < -0.3 is 20.1 Å². The molecule has 0 spiro atoms. The van der Waals surface area contributed by atoms with Crippen LogP contribution in [-0.2, 0) is 16.9 Å². The largest absolute Gasteiger partial charge is 0.434 e. The molecule has 4 heterocycles. The molecule has 5 rings (SSSR count). The van der Waals surface area contributed by atoms with Crippen LogP contribution in [0.2, 0.25) is 0 Å². The molecule has 0 saturated carbocycles. The predicted molar refractivity (Wildman–Crippen MR) is 130 cm³/mol. The molecule has 4 aromatic rings. The third-order valence-corrected chi connectivity index (χ3v) is 8.43. The summed E-state index contributed by atoms with van der Waals surface area (Å²) >= 11 is 0. The van der Waals surface area contributed by atoms with Crippen molar-refractivity contribution in [3.8, 4) is 17.0 Å². The second-order valence-electron chi connectivity index (χ2n) is 8.85. The molecule has 3 aromatic heterocycles. The van der Waals surface area contributed by atoms with Crippen molar-refractivity contribution < 1.29 is 27.0 Å². The fourth-order valence-electron chi connectivity index (χ4n) is 4.47. The van der Waals surface area contributed by atoms with E-state index in [0.29, 0.717) is 30.7 Å². The highest BCUT2D eigenvalue weighted by Gasteiger charge is 2.34. The van der Waals surface area contributed by atoms with Crippen LogP contribution in [0, 0.1) is 0 Å². The summed E-state index contributed by atoms with van der Waals surface area (Å²) in [7, 11) is -0.289. The lowest BCUT2D eigenvalue weighted by Crippen LogP contribution is -2.25. The molecule has 196 valence electrons. The van der Waals surface area contributed by atoms with Gasteiger partial charge in [0.05, 0.1) is 27.6 Å². The fraction of sp³-hybridized carbons (Fsp3) is 0.348. The number of anilines is 1. The summed E-state index contributed by atoms with van der Waals surface area (Å²) in [6.07, 6.45) is 5.42. The van der Waals surface area contributed by atoms with Gasteiger partial charge in [-0.3, -0.25) is 4.68 Å². The zero-order chi connectivity index (χ0) is 26.3. The zero-order valence-corrected chi connectivity index (χ0v) is 20.8. The van der Waals surface area contributed by atoms with E-state index in [1.807, 2.05) is 11.9 Å². The van der Waals surface area contributed by atoms with Gasteiger partial charge in [-0.1, -0.05) is 0 Å². The second-order valence-corrected chi connectivity index (χ2v) is 11.1. The number of halogens is 2. The summed E-state index contributed by atoms with van der Waals surface area (Å²) in [5, 5.41) is 21.7. The molecule has 0 amide bonds. The van der Waals surface area contributed by atoms with Crippen LogP contribution in [0.3, 0.4) is 0 Å². The predicted octanol–water partition coefficient (Wildman–Crippen LogP) is 2.31. The summed E-state index contributed by atoms with van der Waals surface area (Å²) in [6.45, 7) is -2.11. The number of sulfone groups is 1. The van der Waals surface area contributed by atoms with Crippen molar-refractivity contribution in [2.75, 3.05) is 25.5 Å². The molecule has 37 heavy (non-hydrogen) atoms. The zero-order valence-electron chi connectivity index (χ0n) is 20.0. The molecule has 1 saturated heterocycles. The minimum atomic E-state index is -3.74. The van der Waals surface area contributed by atoms with E-state index < -0.39 is 27.9 Å². The van der Waals surface area contributed by atoms with Gasteiger partial charge in [-0.15, -0.1) is 0 Å². The number of aliphatic hydroxyl groups excluding tert-OH is 1. The summed E-state index contributed by atoms with van der Waals surface area (Å²) in [6, 6.07) is 5.46. The van der Waals surface area contributed by atoms with Gasteiger partial charge in [-0.2, -0.15) is 19.0 Å². The van der Waals surface area contributed by atoms with Crippen LogP contribution >= 0.6 is 0 Å². The molecule has 0 aliphatic carbocycles. The van der Waals surface area contributed by atoms with E-state index in [9.17, 15) is 22.3 Å². The van der Waals surface area contributed by atoms with Crippen molar-refractivity contribution in [2.24, 2.45) is 7.05 Å². The number of aromatic nitrogens is 5. The van der Waals surface area contributed by atoms with Crippen LogP contribution in [0.15, 0.2) is 53.9 Å². The van der Waals surface area contributed by atoms with Gasteiger partial charge in [0, 0.05) is 37.7 Å². The van der Waals surface area contributed by atoms with E-state index in [1.165, 1.54) is 39.8 Å². The number of benzene rings is 1. The number of alkyl halides is 2. The Morgan fingerprint density at radius 2 is 2.08 bits per heavy atom. The smallest absolute Gasteiger partial charge is 0.387 e. The average Bonchev–Trinajstić information content (AvgIpc) is 3.57. The minimum absolute atomic E-state index is 0.0200. The molecule has 11 nitrogen and oxygen atoms in total. The number of aliphatic hydroxyl groups is 1. The van der Waals surface area contributed by atoms with Crippen molar-refractivity contribution >= 4 is 21.2 Å². The molecular formula is C23H25F2N7O4S. The Labute approximate surface area is 211 Å². The van der Waals surface area contributed by atoms with E-state index in [1.54, 1.807) is 25.5 Å². The summed E-state index contributed by atoms with van der Waals surface area (Å²) < 4.78 is 60.8. The molecule has 0 radical (unpaired) electrons. The lowest BCUT2D eigenvalue weighted by molar-refractivity contribution is -0.0494. The number of aryl methyl sites for hydroxylation is 1. The Balaban J connectivity index is 1.55. The van der Waals surface area contributed by atoms with Crippen LogP contribution < -0.4 is 10.1 Å². The third kappa shape index (κ3) is 4.86. The standard InChI is InChI=1S/C23H25F2N7O4S/c1-30-9-6-15(12-30)37(34,35)14-4-5-19(36-23(24)25)16(10-14)20-18(13-31(2)29-20)28-22(33)17-11-27-32-8-3-7-26-21(17)32/h3-5,7-8,10-11,13,15,22-23,28,33H,6,9,12H2,1-2H3. The first-order valence-electron chi connectivity index (χ1n) is 11.4. The van der Waals surface area contributed by atoms with Gasteiger partial charge in [-0.25, -0.2) is 17.9 Å². The maximum Gasteiger partial charge on any atom is 0.387 e. The maximum atomic E-state index is 13.3. The highest BCUT2D eigenvalue weighted by molar-refractivity contribution is 7.92. The number of nitrogens with zero attached hydrogens (tertiary/aromatic N) is 6. The number of likely N-dealkylation sites (tertiary alicyclic amines) is 1. The molecule has 2 unspecified atom stereocenters. The number of rotatable bonds is 8. The van der Waals surface area contributed by atoms with Gasteiger partial charge in [-0.05, 0) is 44.3 Å². The van der Waals surface area contributed by atoms with Crippen LogP contribution in [0.25, 0.3) is 16.9 Å². The Morgan fingerprint density at radius 1 is 1.27 bits per heavy atom. The van der Waals surface area contributed by atoms with Crippen molar-refractivity contribution in [2.45, 2.75) is 29.4 Å². The summed E-state index contributed by atoms with van der Waals surface area (Å²) in [5.41, 5.74) is 1.23. The average molecular weight is 534 g/mol. The van der Waals surface area contributed by atoms with E-state index in [4.69, 9.17) is 4.74 Å². The van der Waals surface area contributed by atoms with Gasteiger partial charge in [0.2, 0.25) is 0 Å². The quantitative estimate of drug-likeness (QED) is 0.328. The summed E-state index contributed by atoms with van der Waals surface area (Å²) in [4.78, 5) is 6.13. The first-order valence-corrected chi connectivity index (χ1v) is 13.0.